The van der Waals surface area contributed by atoms with Gasteiger partial charge >= 0.3 is 0 Å². The molecule has 2 heteroatoms. The molecule has 11 heavy (non-hydrogen) atoms. The van der Waals surface area contributed by atoms with E-state index in [1.807, 2.05) is 0 Å². The third-order valence-corrected chi connectivity index (χ3v) is 3.13. The van der Waals surface area contributed by atoms with Crippen molar-refractivity contribution in [1.29, 1.82) is 0 Å². The molecule has 0 aromatic rings. The van der Waals surface area contributed by atoms with E-state index >= 15 is 0 Å². The van der Waals surface area contributed by atoms with E-state index in [0.717, 1.165) is 18.5 Å². The van der Waals surface area contributed by atoms with Gasteiger partial charge in [-0.05, 0) is 38.6 Å². The summed E-state index contributed by atoms with van der Waals surface area (Å²) in [6.07, 6.45) is 4.13. The highest BCUT2D eigenvalue weighted by Gasteiger charge is 2.32. The van der Waals surface area contributed by atoms with Crippen molar-refractivity contribution in [2.45, 2.75) is 38.3 Å². The van der Waals surface area contributed by atoms with Crippen molar-refractivity contribution < 1.29 is 0 Å². The summed E-state index contributed by atoms with van der Waals surface area (Å²) in [6, 6.07) is 1.28. The minimum absolute atomic E-state index is 0.470. The van der Waals surface area contributed by atoms with Crippen LogP contribution in [0.15, 0.2) is 0 Å². The van der Waals surface area contributed by atoms with Crippen LogP contribution in [0, 0.1) is 5.92 Å². The van der Waals surface area contributed by atoms with E-state index in [9.17, 15) is 0 Å². The number of rotatable bonds is 3. The van der Waals surface area contributed by atoms with E-state index in [2.05, 4.69) is 11.8 Å². The molecule has 0 aromatic carbocycles. The molecule has 2 fully saturated rings. The van der Waals surface area contributed by atoms with Crippen molar-refractivity contribution in [1.82, 2.24) is 4.90 Å². The molecule has 2 unspecified atom stereocenters. The van der Waals surface area contributed by atoms with Crippen LogP contribution in [0.3, 0.4) is 0 Å². The molecule has 1 heterocycles. The predicted molar refractivity (Wildman–Crippen MR) is 46.4 cm³/mol. The predicted octanol–water partition coefficient (Wildman–Crippen LogP) is 0.818. The maximum Gasteiger partial charge on any atom is 0.0196 e. The molecule has 2 nitrogen and oxygen atoms in total. The fourth-order valence-electron chi connectivity index (χ4n) is 1.79. The van der Waals surface area contributed by atoms with Crippen LogP contribution < -0.4 is 5.73 Å². The van der Waals surface area contributed by atoms with Crippen LogP contribution in [0.2, 0.25) is 0 Å². The zero-order chi connectivity index (χ0) is 7.84. The van der Waals surface area contributed by atoms with Gasteiger partial charge in [0, 0.05) is 18.6 Å². The number of nitrogens with two attached hydrogens (primary N) is 1. The van der Waals surface area contributed by atoms with Gasteiger partial charge < -0.3 is 5.73 Å². The Hall–Kier alpha value is -0.0800. The van der Waals surface area contributed by atoms with Crippen LogP contribution in [0.5, 0.6) is 0 Å². The Labute approximate surface area is 68.7 Å². The normalized spacial score (nSPS) is 34.9. The molecule has 2 aliphatic rings. The lowest BCUT2D eigenvalue weighted by molar-refractivity contribution is 0.0939. The lowest BCUT2D eigenvalue weighted by Crippen LogP contribution is -2.51. The fourth-order valence-corrected chi connectivity index (χ4v) is 1.79. The average molecular weight is 154 g/mol. The second-order valence-electron chi connectivity index (χ2n) is 4.13. The van der Waals surface area contributed by atoms with Gasteiger partial charge in [0.2, 0.25) is 0 Å². The van der Waals surface area contributed by atoms with Gasteiger partial charge in [-0.2, -0.15) is 0 Å². The number of likely N-dealkylation sites (tertiary alicyclic amines) is 1. The highest BCUT2D eigenvalue weighted by Crippen LogP contribution is 2.32. The molecule has 0 amide bonds. The fraction of sp³-hybridized carbons (Fsp3) is 1.00. The number of nitrogens with zero attached hydrogens (tertiary/aromatic N) is 1. The van der Waals surface area contributed by atoms with Gasteiger partial charge in [-0.25, -0.2) is 0 Å². The van der Waals surface area contributed by atoms with Crippen LogP contribution in [-0.4, -0.2) is 30.1 Å². The molecular weight excluding hydrogens is 136 g/mol. The molecule has 64 valence electrons. The minimum atomic E-state index is 0.470. The van der Waals surface area contributed by atoms with E-state index in [-0.39, 0.29) is 0 Å². The summed E-state index contributed by atoms with van der Waals surface area (Å²) in [7, 11) is 0. The Morgan fingerprint density at radius 3 is 2.55 bits per heavy atom. The largest absolute Gasteiger partial charge is 0.326 e. The SMILES string of the molecule is CC1CCN1CC(N)C1CC1. The summed E-state index contributed by atoms with van der Waals surface area (Å²) < 4.78 is 0. The second kappa shape index (κ2) is 2.76. The van der Waals surface area contributed by atoms with Gasteiger partial charge in [0.1, 0.15) is 0 Å². The standard InChI is InChI=1S/C9H18N2/c1-7-4-5-11(7)6-9(10)8-2-3-8/h7-9H,2-6,10H2,1H3. The smallest absolute Gasteiger partial charge is 0.0196 e. The average Bonchev–Trinajstić information content (AvgIpc) is 2.78. The van der Waals surface area contributed by atoms with Gasteiger partial charge in [0.25, 0.3) is 0 Å². The Morgan fingerprint density at radius 2 is 2.18 bits per heavy atom. The zero-order valence-electron chi connectivity index (χ0n) is 7.29. The van der Waals surface area contributed by atoms with Gasteiger partial charge in [0.15, 0.2) is 0 Å². The lowest BCUT2D eigenvalue weighted by atomic mass is 10.0. The van der Waals surface area contributed by atoms with Crippen LogP contribution >= 0.6 is 0 Å². The first-order valence-corrected chi connectivity index (χ1v) is 4.77. The lowest BCUT2D eigenvalue weighted by Gasteiger charge is -2.40. The highest BCUT2D eigenvalue weighted by molar-refractivity contribution is 4.89. The molecule has 1 aliphatic carbocycles. The quantitative estimate of drug-likeness (QED) is 0.652. The van der Waals surface area contributed by atoms with Crippen LogP contribution in [0.1, 0.15) is 26.2 Å². The Balaban J connectivity index is 1.71. The Morgan fingerprint density at radius 1 is 1.45 bits per heavy atom. The number of hydrogen-bond donors (Lipinski definition) is 1. The van der Waals surface area contributed by atoms with E-state index < -0.39 is 0 Å². The second-order valence-corrected chi connectivity index (χ2v) is 4.13. The first kappa shape index (κ1) is 7.56. The molecule has 2 rings (SSSR count). The van der Waals surface area contributed by atoms with Gasteiger partial charge in [-0.1, -0.05) is 0 Å². The van der Waals surface area contributed by atoms with Crippen molar-refractivity contribution in [2.24, 2.45) is 11.7 Å². The first-order chi connectivity index (χ1) is 5.27. The van der Waals surface area contributed by atoms with Crippen LogP contribution in [-0.2, 0) is 0 Å². The molecule has 2 N–H and O–H groups in total. The summed E-state index contributed by atoms with van der Waals surface area (Å²) in [5.74, 6) is 0.864. The van der Waals surface area contributed by atoms with Crippen molar-refractivity contribution in [3.05, 3.63) is 0 Å². The van der Waals surface area contributed by atoms with Crippen molar-refractivity contribution in [3.63, 3.8) is 0 Å². The summed E-state index contributed by atoms with van der Waals surface area (Å²) >= 11 is 0. The van der Waals surface area contributed by atoms with Gasteiger partial charge in [-0.15, -0.1) is 0 Å². The molecule has 2 atom stereocenters. The topological polar surface area (TPSA) is 29.3 Å². The summed E-state index contributed by atoms with van der Waals surface area (Å²) in [5, 5.41) is 0. The monoisotopic (exact) mass is 154 g/mol. The van der Waals surface area contributed by atoms with Crippen molar-refractivity contribution >= 4 is 0 Å². The Bertz CT molecular complexity index is 140. The summed E-state index contributed by atoms with van der Waals surface area (Å²) in [6.45, 7) is 4.72. The Kier molecular flexibility index (Phi) is 1.90. The van der Waals surface area contributed by atoms with Crippen molar-refractivity contribution in [3.8, 4) is 0 Å². The minimum Gasteiger partial charge on any atom is -0.326 e. The third kappa shape index (κ3) is 1.57. The maximum atomic E-state index is 6.01. The van der Waals surface area contributed by atoms with Gasteiger partial charge in [-0.3, -0.25) is 4.90 Å². The van der Waals surface area contributed by atoms with Crippen LogP contribution in [0.4, 0.5) is 0 Å². The third-order valence-electron chi connectivity index (χ3n) is 3.13. The molecule has 1 saturated heterocycles. The zero-order valence-corrected chi connectivity index (χ0v) is 7.29. The molecule has 1 saturated carbocycles. The van der Waals surface area contributed by atoms with Gasteiger partial charge in [0.05, 0.1) is 0 Å². The molecule has 0 bridgehead atoms. The van der Waals surface area contributed by atoms with E-state index in [0.29, 0.717) is 6.04 Å². The molecule has 0 radical (unpaired) electrons. The van der Waals surface area contributed by atoms with Crippen LogP contribution in [0.25, 0.3) is 0 Å². The van der Waals surface area contributed by atoms with Crippen molar-refractivity contribution in [2.75, 3.05) is 13.1 Å². The van der Waals surface area contributed by atoms with E-state index in [1.54, 1.807) is 0 Å². The molecule has 1 aliphatic heterocycles. The molecule has 0 spiro atoms. The van der Waals surface area contributed by atoms with E-state index in [4.69, 9.17) is 5.73 Å². The molecule has 0 aromatic heterocycles. The number of hydrogen-bond acceptors (Lipinski definition) is 2. The maximum absolute atomic E-state index is 6.01. The van der Waals surface area contributed by atoms with E-state index in [1.165, 1.54) is 25.8 Å². The molecular formula is C9H18N2. The summed E-state index contributed by atoms with van der Waals surface area (Å²) in [4.78, 5) is 2.50. The first-order valence-electron chi connectivity index (χ1n) is 4.77. The highest BCUT2D eigenvalue weighted by atomic mass is 15.2. The summed E-state index contributed by atoms with van der Waals surface area (Å²) in [5.41, 5.74) is 6.01.